The van der Waals surface area contributed by atoms with Crippen molar-refractivity contribution >= 4 is 35.5 Å². The summed E-state index contributed by atoms with van der Waals surface area (Å²) < 4.78 is 21.1. The van der Waals surface area contributed by atoms with Crippen LogP contribution in [-0.2, 0) is 24.6 Å². The Balaban J connectivity index is 1.52. The number of anilines is 1. The van der Waals surface area contributed by atoms with Crippen molar-refractivity contribution in [1.29, 1.82) is 0 Å². The van der Waals surface area contributed by atoms with Crippen LogP contribution >= 0.6 is 0 Å². The second kappa shape index (κ2) is 10.8. The summed E-state index contributed by atoms with van der Waals surface area (Å²) in [6.07, 6.45) is 0. The molecule has 200 valence electrons. The van der Waals surface area contributed by atoms with E-state index in [4.69, 9.17) is 18.9 Å². The Morgan fingerprint density at radius 2 is 1.55 bits per heavy atom. The van der Waals surface area contributed by atoms with Gasteiger partial charge in [-0.05, 0) is 56.7 Å². The first-order chi connectivity index (χ1) is 18.2. The zero-order valence-corrected chi connectivity index (χ0v) is 21.1. The quantitative estimate of drug-likeness (QED) is 0.391. The third-order valence-corrected chi connectivity index (χ3v) is 5.94. The Bertz CT molecular complexity index is 1270. The molecule has 38 heavy (non-hydrogen) atoms. The number of carbonyl (C=O) groups excluding carboxylic acids is 5. The maximum Gasteiger partial charge on any atom is 0.338 e. The molecule has 4 amide bonds. The van der Waals surface area contributed by atoms with Gasteiger partial charge in [-0.15, -0.1) is 0 Å². The van der Waals surface area contributed by atoms with Gasteiger partial charge < -0.3 is 29.6 Å². The van der Waals surface area contributed by atoms with Crippen LogP contribution in [0.4, 0.5) is 10.5 Å². The number of urea groups is 1. The second-order valence-corrected chi connectivity index (χ2v) is 8.59. The van der Waals surface area contributed by atoms with Crippen LogP contribution in [0.25, 0.3) is 0 Å². The summed E-state index contributed by atoms with van der Waals surface area (Å²) in [5.41, 5.74) is -0.842. The monoisotopic (exact) mass is 525 g/mol. The largest absolute Gasteiger partial charge is 0.486 e. The molecule has 1 fully saturated rings. The lowest BCUT2D eigenvalue weighted by Gasteiger charge is -2.25. The number of amides is 4. The summed E-state index contributed by atoms with van der Waals surface area (Å²) in [6.45, 7) is 5.17. The van der Waals surface area contributed by atoms with E-state index in [1.54, 1.807) is 32.0 Å². The molecule has 0 unspecified atom stereocenters. The summed E-state index contributed by atoms with van der Waals surface area (Å²) in [5.74, 6) is -1.77. The molecular weight excluding hydrogens is 498 g/mol. The fraction of sp³-hybridized carbons (Fsp3) is 0.346. The Kier molecular flexibility index (Phi) is 7.51. The molecule has 2 aromatic rings. The van der Waals surface area contributed by atoms with E-state index in [0.717, 1.165) is 4.90 Å². The highest BCUT2D eigenvalue weighted by Crippen LogP contribution is 2.36. The number of imide groups is 1. The zero-order chi connectivity index (χ0) is 27.4. The van der Waals surface area contributed by atoms with Gasteiger partial charge in [-0.2, -0.15) is 0 Å². The van der Waals surface area contributed by atoms with E-state index in [-0.39, 0.29) is 30.0 Å². The van der Waals surface area contributed by atoms with Crippen LogP contribution < -0.4 is 20.1 Å². The molecule has 0 aliphatic carbocycles. The molecule has 2 heterocycles. The van der Waals surface area contributed by atoms with E-state index in [2.05, 4.69) is 10.6 Å². The highest BCUT2D eigenvalue weighted by Gasteiger charge is 2.49. The predicted octanol–water partition coefficient (Wildman–Crippen LogP) is 2.22. The lowest BCUT2D eigenvalue weighted by molar-refractivity contribution is -0.133. The Morgan fingerprint density at radius 3 is 2.16 bits per heavy atom. The molecule has 1 saturated heterocycles. The molecule has 0 radical (unpaired) electrons. The third-order valence-electron chi connectivity index (χ3n) is 5.94. The molecule has 2 N–H and O–H groups in total. The first kappa shape index (κ1) is 26.5. The van der Waals surface area contributed by atoms with Crippen LogP contribution in [-0.4, -0.2) is 67.7 Å². The number of hydrogen-bond donors (Lipinski definition) is 2. The van der Waals surface area contributed by atoms with Gasteiger partial charge in [-0.1, -0.05) is 6.07 Å². The number of benzene rings is 2. The summed E-state index contributed by atoms with van der Waals surface area (Å²) in [5, 5.41) is 5.17. The van der Waals surface area contributed by atoms with Crippen LogP contribution in [0.2, 0.25) is 0 Å². The van der Waals surface area contributed by atoms with E-state index >= 15 is 0 Å². The SMILES string of the molecule is CCOC(=O)c1cc(NC(=O)CN2C(=O)N[C@](C)(c3ccc4c(c3)OCCO4)C2=O)cc(C(=O)OCC)c1. The molecule has 0 aromatic heterocycles. The van der Waals surface area contributed by atoms with Crippen molar-refractivity contribution in [2.24, 2.45) is 0 Å². The maximum absolute atomic E-state index is 13.3. The van der Waals surface area contributed by atoms with Gasteiger partial charge in [-0.25, -0.2) is 14.4 Å². The fourth-order valence-corrected chi connectivity index (χ4v) is 4.10. The standard InChI is InChI=1S/C26H27N3O9/c1-4-35-22(31)15-10-16(23(32)36-5-2)12-18(11-15)27-21(30)14-29-24(33)26(3,28-25(29)34)17-6-7-19-20(13-17)38-9-8-37-19/h6-7,10-13H,4-5,8-9,14H2,1-3H3,(H,27,30)(H,28,34)/t26-/m1/s1. The van der Waals surface area contributed by atoms with Crippen molar-refractivity contribution < 1.29 is 42.9 Å². The summed E-state index contributed by atoms with van der Waals surface area (Å²) in [7, 11) is 0. The second-order valence-electron chi connectivity index (χ2n) is 8.59. The van der Waals surface area contributed by atoms with Crippen molar-refractivity contribution in [2.75, 3.05) is 38.3 Å². The smallest absolute Gasteiger partial charge is 0.338 e. The van der Waals surface area contributed by atoms with Crippen LogP contribution in [0.1, 0.15) is 47.1 Å². The predicted molar refractivity (Wildman–Crippen MR) is 132 cm³/mol. The van der Waals surface area contributed by atoms with Gasteiger partial charge >= 0.3 is 18.0 Å². The lowest BCUT2D eigenvalue weighted by Crippen LogP contribution is -2.42. The molecule has 2 aliphatic rings. The highest BCUT2D eigenvalue weighted by molar-refractivity contribution is 6.10. The van der Waals surface area contributed by atoms with Crippen molar-refractivity contribution in [3.63, 3.8) is 0 Å². The van der Waals surface area contributed by atoms with Gasteiger partial charge in [0.2, 0.25) is 5.91 Å². The summed E-state index contributed by atoms with van der Waals surface area (Å²) in [4.78, 5) is 64.2. The minimum absolute atomic E-state index is 0.0221. The van der Waals surface area contributed by atoms with Crippen LogP contribution in [0.3, 0.4) is 0 Å². The molecule has 4 rings (SSSR count). The number of nitrogens with zero attached hydrogens (tertiary/aromatic N) is 1. The van der Waals surface area contributed by atoms with E-state index in [1.807, 2.05) is 0 Å². The topological polar surface area (TPSA) is 150 Å². The van der Waals surface area contributed by atoms with Gasteiger partial charge in [0.15, 0.2) is 11.5 Å². The third kappa shape index (κ3) is 5.24. The van der Waals surface area contributed by atoms with E-state index in [0.29, 0.717) is 30.3 Å². The first-order valence-electron chi connectivity index (χ1n) is 12.0. The Morgan fingerprint density at radius 1 is 0.947 bits per heavy atom. The summed E-state index contributed by atoms with van der Waals surface area (Å²) in [6, 6.07) is 8.10. The van der Waals surface area contributed by atoms with Gasteiger partial charge in [0.05, 0.1) is 24.3 Å². The minimum atomic E-state index is -1.44. The molecule has 12 heteroatoms. The maximum atomic E-state index is 13.3. The number of esters is 2. The van der Waals surface area contributed by atoms with Crippen molar-refractivity contribution in [3.8, 4) is 11.5 Å². The zero-order valence-electron chi connectivity index (χ0n) is 21.1. The molecule has 0 saturated carbocycles. The average Bonchev–Trinajstić information content (AvgIpc) is 3.12. The van der Waals surface area contributed by atoms with Crippen molar-refractivity contribution in [2.45, 2.75) is 26.3 Å². The fourth-order valence-electron chi connectivity index (χ4n) is 4.10. The molecule has 2 aromatic carbocycles. The van der Waals surface area contributed by atoms with E-state index in [1.165, 1.54) is 25.1 Å². The minimum Gasteiger partial charge on any atom is -0.486 e. The molecule has 12 nitrogen and oxygen atoms in total. The van der Waals surface area contributed by atoms with Gasteiger partial charge in [0.1, 0.15) is 25.3 Å². The number of rotatable bonds is 8. The Labute approximate surface area is 218 Å². The number of hydrogen-bond acceptors (Lipinski definition) is 9. The number of nitrogens with one attached hydrogen (secondary N) is 2. The molecule has 0 spiro atoms. The Hall–Kier alpha value is -4.61. The lowest BCUT2D eigenvalue weighted by atomic mass is 9.91. The van der Waals surface area contributed by atoms with Gasteiger partial charge in [0.25, 0.3) is 5.91 Å². The number of ether oxygens (including phenoxy) is 4. The van der Waals surface area contributed by atoms with Crippen LogP contribution in [0.5, 0.6) is 11.5 Å². The number of fused-ring (bicyclic) bond motifs is 1. The first-order valence-corrected chi connectivity index (χ1v) is 12.0. The van der Waals surface area contributed by atoms with Crippen LogP contribution in [0.15, 0.2) is 36.4 Å². The van der Waals surface area contributed by atoms with Crippen LogP contribution in [0, 0.1) is 0 Å². The van der Waals surface area contributed by atoms with Gasteiger partial charge in [0, 0.05) is 5.69 Å². The normalized spacial score (nSPS) is 18.0. The van der Waals surface area contributed by atoms with Crippen molar-refractivity contribution in [3.05, 3.63) is 53.1 Å². The number of carbonyl (C=O) groups is 5. The van der Waals surface area contributed by atoms with Gasteiger partial charge in [-0.3, -0.25) is 14.5 Å². The molecule has 2 aliphatic heterocycles. The molecular formula is C26H27N3O9. The summed E-state index contributed by atoms with van der Waals surface area (Å²) >= 11 is 0. The molecule has 0 bridgehead atoms. The highest BCUT2D eigenvalue weighted by atomic mass is 16.6. The van der Waals surface area contributed by atoms with Crippen molar-refractivity contribution in [1.82, 2.24) is 10.2 Å². The average molecular weight is 526 g/mol. The van der Waals surface area contributed by atoms with E-state index in [9.17, 15) is 24.0 Å². The molecule has 1 atom stereocenters. The van der Waals surface area contributed by atoms with E-state index < -0.39 is 41.9 Å².